The number of ether oxygens (including phenoxy) is 3. The second-order valence-electron chi connectivity index (χ2n) is 3.79. The second-order valence-corrected chi connectivity index (χ2v) is 3.79. The van der Waals surface area contributed by atoms with Crippen molar-refractivity contribution in [1.82, 2.24) is 0 Å². The van der Waals surface area contributed by atoms with Crippen molar-refractivity contribution in [3.8, 4) is 0 Å². The van der Waals surface area contributed by atoms with Crippen molar-refractivity contribution in [2.24, 2.45) is 5.92 Å². The number of rotatable bonds is 7. The van der Waals surface area contributed by atoms with Crippen LogP contribution in [0.25, 0.3) is 0 Å². The number of carbonyl (C=O) groups excluding carboxylic acids is 1. The first kappa shape index (κ1) is 13.2. The molecule has 1 saturated heterocycles. The molecule has 0 radical (unpaired) electrons. The maximum Gasteiger partial charge on any atom is 0.314 e. The van der Waals surface area contributed by atoms with E-state index in [4.69, 9.17) is 14.2 Å². The predicted octanol–water partition coefficient (Wildman–Crippen LogP) is 2.24. The summed E-state index contributed by atoms with van der Waals surface area (Å²) >= 11 is 0. The average molecular weight is 228 g/mol. The molecule has 0 saturated carbocycles. The molecule has 0 aliphatic carbocycles. The van der Waals surface area contributed by atoms with Gasteiger partial charge in [-0.15, -0.1) is 6.58 Å². The molecule has 1 unspecified atom stereocenters. The fourth-order valence-corrected chi connectivity index (χ4v) is 1.67. The van der Waals surface area contributed by atoms with Gasteiger partial charge in [-0.2, -0.15) is 0 Å². The summed E-state index contributed by atoms with van der Waals surface area (Å²) < 4.78 is 15.7. The van der Waals surface area contributed by atoms with E-state index in [1.165, 1.54) is 0 Å². The molecule has 0 aromatic rings. The van der Waals surface area contributed by atoms with Gasteiger partial charge < -0.3 is 14.2 Å². The fourth-order valence-electron chi connectivity index (χ4n) is 1.67. The van der Waals surface area contributed by atoms with Crippen molar-refractivity contribution in [2.45, 2.75) is 45.7 Å². The van der Waals surface area contributed by atoms with E-state index in [-0.39, 0.29) is 18.2 Å². The minimum absolute atomic E-state index is 0.207. The van der Waals surface area contributed by atoms with E-state index in [0.29, 0.717) is 13.0 Å². The number of carbonyl (C=O) groups is 1. The molecule has 0 aromatic heterocycles. The van der Waals surface area contributed by atoms with Crippen LogP contribution in [0.3, 0.4) is 0 Å². The lowest BCUT2D eigenvalue weighted by Gasteiger charge is -2.37. The third-order valence-electron chi connectivity index (χ3n) is 2.49. The van der Waals surface area contributed by atoms with Gasteiger partial charge in [0.2, 0.25) is 0 Å². The molecule has 92 valence electrons. The number of allylic oxidation sites excluding steroid dienone is 1. The van der Waals surface area contributed by atoms with Gasteiger partial charge in [-0.05, 0) is 33.1 Å². The van der Waals surface area contributed by atoms with Gasteiger partial charge in [-0.25, -0.2) is 0 Å². The molecule has 0 spiro atoms. The van der Waals surface area contributed by atoms with Gasteiger partial charge in [0.25, 0.3) is 0 Å². The van der Waals surface area contributed by atoms with Crippen LogP contribution in [0.5, 0.6) is 0 Å². The van der Waals surface area contributed by atoms with E-state index in [1.807, 2.05) is 13.0 Å². The lowest BCUT2D eigenvalue weighted by atomic mass is 10.0. The zero-order valence-corrected chi connectivity index (χ0v) is 9.98. The van der Waals surface area contributed by atoms with Crippen LogP contribution in [-0.2, 0) is 19.0 Å². The maximum atomic E-state index is 11.7. The third kappa shape index (κ3) is 3.61. The minimum Gasteiger partial charge on any atom is -0.466 e. The Labute approximate surface area is 96.6 Å². The van der Waals surface area contributed by atoms with E-state index >= 15 is 0 Å². The molecule has 1 atom stereocenters. The standard InChI is InChI=1S/C12H20O4/c1-4-6-7-8-10(11(13)14-5-2)12-15-9(3)16-12/h4,9-10,12H,1,5-8H2,2-3H3. The molecular formula is C12H20O4. The molecule has 0 aromatic carbocycles. The van der Waals surface area contributed by atoms with Gasteiger partial charge in [0.1, 0.15) is 5.92 Å². The monoisotopic (exact) mass is 228 g/mol. The largest absolute Gasteiger partial charge is 0.466 e. The van der Waals surface area contributed by atoms with E-state index in [2.05, 4.69) is 6.58 Å². The van der Waals surface area contributed by atoms with E-state index < -0.39 is 6.29 Å². The summed E-state index contributed by atoms with van der Waals surface area (Å²) in [7, 11) is 0. The first-order valence-electron chi connectivity index (χ1n) is 5.77. The molecule has 1 rings (SSSR count). The molecular weight excluding hydrogens is 208 g/mol. The van der Waals surface area contributed by atoms with Crippen LogP contribution in [-0.4, -0.2) is 25.2 Å². The third-order valence-corrected chi connectivity index (χ3v) is 2.49. The Morgan fingerprint density at radius 3 is 2.75 bits per heavy atom. The molecule has 0 amide bonds. The van der Waals surface area contributed by atoms with E-state index in [0.717, 1.165) is 12.8 Å². The second kappa shape index (κ2) is 6.66. The molecule has 0 N–H and O–H groups in total. The van der Waals surface area contributed by atoms with Crippen molar-refractivity contribution in [1.29, 1.82) is 0 Å². The summed E-state index contributed by atoms with van der Waals surface area (Å²) in [6, 6.07) is 0. The molecule has 1 aliphatic heterocycles. The smallest absolute Gasteiger partial charge is 0.314 e. The number of unbranched alkanes of at least 4 members (excludes halogenated alkanes) is 1. The van der Waals surface area contributed by atoms with Gasteiger partial charge in [-0.3, -0.25) is 4.79 Å². The molecule has 1 aliphatic rings. The van der Waals surface area contributed by atoms with Crippen LogP contribution < -0.4 is 0 Å². The topological polar surface area (TPSA) is 44.8 Å². The fraction of sp³-hybridized carbons (Fsp3) is 0.750. The van der Waals surface area contributed by atoms with Crippen molar-refractivity contribution in [3.63, 3.8) is 0 Å². The van der Waals surface area contributed by atoms with Gasteiger partial charge >= 0.3 is 5.97 Å². The van der Waals surface area contributed by atoms with Crippen LogP contribution in [0, 0.1) is 5.92 Å². The quantitative estimate of drug-likeness (QED) is 0.381. The molecule has 4 nitrogen and oxygen atoms in total. The number of hydrogen-bond donors (Lipinski definition) is 0. The Kier molecular flexibility index (Phi) is 5.49. The van der Waals surface area contributed by atoms with Crippen LogP contribution in [0.2, 0.25) is 0 Å². The highest BCUT2D eigenvalue weighted by atomic mass is 16.9. The van der Waals surface area contributed by atoms with Gasteiger partial charge in [0, 0.05) is 0 Å². The van der Waals surface area contributed by atoms with Gasteiger partial charge in [0.15, 0.2) is 12.6 Å². The van der Waals surface area contributed by atoms with E-state index in [1.54, 1.807) is 6.92 Å². The highest BCUT2D eigenvalue weighted by Gasteiger charge is 2.39. The first-order chi connectivity index (χ1) is 7.69. The number of hydrogen-bond acceptors (Lipinski definition) is 4. The first-order valence-corrected chi connectivity index (χ1v) is 5.77. The maximum absolute atomic E-state index is 11.7. The molecule has 1 heterocycles. The van der Waals surface area contributed by atoms with E-state index in [9.17, 15) is 4.79 Å². The van der Waals surface area contributed by atoms with Gasteiger partial charge in [0.05, 0.1) is 6.61 Å². The normalized spacial score (nSPS) is 25.6. The summed E-state index contributed by atoms with van der Waals surface area (Å²) in [4.78, 5) is 11.7. The summed E-state index contributed by atoms with van der Waals surface area (Å²) in [5, 5.41) is 0. The Morgan fingerprint density at radius 1 is 1.56 bits per heavy atom. The van der Waals surface area contributed by atoms with Crippen molar-refractivity contribution in [2.75, 3.05) is 6.61 Å². The SMILES string of the molecule is C=CCCCC(C(=O)OCC)C1OC(C)O1. The molecule has 0 bridgehead atoms. The Morgan fingerprint density at radius 2 is 2.25 bits per heavy atom. The minimum atomic E-state index is -0.432. The predicted molar refractivity (Wildman–Crippen MR) is 59.6 cm³/mol. The Bertz CT molecular complexity index is 233. The average Bonchev–Trinajstić information content (AvgIpc) is 2.21. The zero-order chi connectivity index (χ0) is 12.0. The van der Waals surface area contributed by atoms with Crippen LogP contribution in [0.15, 0.2) is 12.7 Å². The van der Waals surface area contributed by atoms with Crippen LogP contribution in [0.4, 0.5) is 0 Å². The van der Waals surface area contributed by atoms with Crippen LogP contribution >= 0.6 is 0 Å². The summed E-state index contributed by atoms with van der Waals surface area (Å²) in [5.41, 5.74) is 0. The van der Waals surface area contributed by atoms with Crippen LogP contribution in [0.1, 0.15) is 33.1 Å². The lowest BCUT2D eigenvalue weighted by molar-refractivity contribution is -0.389. The molecule has 4 heteroatoms. The highest BCUT2D eigenvalue weighted by Crippen LogP contribution is 2.28. The summed E-state index contributed by atoms with van der Waals surface area (Å²) in [5.74, 6) is -0.542. The lowest BCUT2D eigenvalue weighted by Crippen LogP contribution is -2.47. The van der Waals surface area contributed by atoms with Crippen molar-refractivity contribution >= 4 is 5.97 Å². The molecule has 16 heavy (non-hydrogen) atoms. The van der Waals surface area contributed by atoms with Crippen molar-refractivity contribution in [3.05, 3.63) is 12.7 Å². The highest BCUT2D eigenvalue weighted by molar-refractivity contribution is 5.72. The summed E-state index contributed by atoms with van der Waals surface area (Å²) in [6.45, 7) is 7.64. The number of esters is 1. The molecule has 1 fully saturated rings. The Hall–Kier alpha value is -0.870. The Balaban J connectivity index is 2.41. The zero-order valence-electron chi connectivity index (χ0n) is 9.98. The van der Waals surface area contributed by atoms with Gasteiger partial charge in [-0.1, -0.05) is 6.08 Å². The van der Waals surface area contributed by atoms with Crippen molar-refractivity contribution < 1.29 is 19.0 Å². The summed E-state index contributed by atoms with van der Waals surface area (Å²) in [6.07, 6.45) is 3.69.